The normalized spacial score (nSPS) is 11.1. The van der Waals surface area contributed by atoms with Gasteiger partial charge in [0.2, 0.25) is 11.3 Å². The average molecular weight is 764 g/mol. The van der Waals surface area contributed by atoms with E-state index >= 15 is 0 Å². The molecule has 2 aromatic carbocycles. The first kappa shape index (κ1) is 44.4. The molecule has 302 valence electrons. The van der Waals surface area contributed by atoms with Gasteiger partial charge in [0.05, 0.1) is 31.7 Å². The van der Waals surface area contributed by atoms with E-state index in [1.807, 2.05) is 53.1 Å². The number of hydrogen-bond donors (Lipinski definition) is 4. The van der Waals surface area contributed by atoms with Gasteiger partial charge in [-0.15, -0.1) is 0 Å². The van der Waals surface area contributed by atoms with Crippen LogP contribution >= 0.6 is 0 Å². The summed E-state index contributed by atoms with van der Waals surface area (Å²) in [6, 6.07) is 16.5. The van der Waals surface area contributed by atoms with Crippen molar-refractivity contribution in [1.82, 2.24) is 20.7 Å². The van der Waals surface area contributed by atoms with Gasteiger partial charge in [0, 0.05) is 94.0 Å². The van der Waals surface area contributed by atoms with E-state index < -0.39 is 11.7 Å². The molecule has 0 radical (unpaired) electrons. The lowest BCUT2D eigenvalue weighted by Crippen LogP contribution is -2.33. The van der Waals surface area contributed by atoms with Gasteiger partial charge in [0.25, 0.3) is 0 Å². The first-order valence-electron chi connectivity index (χ1n) is 18.9. The zero-order valence-electron chi connectivity index (χ0n) is 34.7. The number of alkyl carbamates (subject to hydrolysis) is 1. The average Bonchev–Trinajstić information content (AvgIpc) is 3.13. The molecule has 0 fully saturated rings. The van der Waals surface area contributed by atoms with Crippen LogP contribution in [0.1, 0.15) is 59.8 Å². The molecule has 1 aliphatic heterocycles. The molecule has 13 heteroatoms. The van der Waals surface area contributed by atoms with E-state index in [0.29, 0.717) is 32.5 Å². The molecule has 1 aliphatic carbocycles. The Morgan fingerprint density at radius 2 is 1.56 bits per heavy atom. The first-order valence-corrected chi connectivity index (χ1v) is 18.9. The van der Waals surface area contributed by atoms with Gasteiger partial charge in [-0.25, -0.2) is 14.9 Å². The highest BCUT2D eigenvalue weighted by Gasteiger charge is 2.24. The number of carbonyl (C=O) groups excluding carboxylic acids is 2. The summed E-state index contributed by atoms with van der Waals surface area (Å²) in [6.45, 7) is 10.3. The Bertz CT molecular complexity index is 1900. The number of hydroxylamine groups is 1. The number of methoxy groups -OCH3 is 2. The Labute approximate surface area is 326 Å². The summed E-state index contributed by atoms with van der Waals surface area (Å²) in [7, 11) is 12.9. The lowest BCUT2D eigenvalue weighted by atomic mass is 9.92. The van der Waals surface area contributed by atoms with E-state index in [-0.39, 0.29) is 5.91 Å². The van der Waals surface area contributed by atoms with Crippen molar-refractivity contribution < 1.29 is 33.4 Å². The Kier molecular flexibility index (Phi) is 17.1. The molecule has 0 bridgehead atoms. The highest BCUT2D eigenvalue weighted by molar-refractivity contribution is 6.04. The van der Waals surface area contributed by atoms with Crippen molar-refractivity contribution in [3.63, 3.8) is 0 Å². The molecular weight excluding hydrogens is 700 g/mol. The van der Waals surface area contributed by atoms with Gasteiger partial charge in [-0.3, -0.25) is 4.79 Å². The Morgan fingerprint density at radius 3 is 2.16 bits per heavy atom. The van der Waals surface area contributed by atoms with Gasteiger partial charge < -0.3 is 44.3 Å². The molecule has 0 aromatic heterocycles. The molecule has 0 saturated carbocycles. The van der Waals surface area contributed by atoms with Crippen LogP contribution in [0, 0.1) is 0 Å². The molecule has 0 atom stereocenters. The Hall–Kier alpha value is -5.01. The van der Waals surface area contributed by atoms with E-state index in [1.165, 1.54) is 7.05 Å². The number of anilines is 2. The van der Waals surface area contributed by atoms with E-state index in [9.17, 15) is 9.59 Å². The largest absolute Gasteiger partial charge is 0.497 e. The van der Waals surface area contributed by atoms with Crippen LogP contribution in [0.3, 0.4) is 0 Å². The summed E-state index contributed by atoms with van der Waals surface area (Å²) < 4.78 is 25.5. The lowest BCUT2D eigenvalue weighted by molar-refractivity contribution is -0.121. The van der Waals surface area contributed by atoms with E-state index in [2.05, 4.69) is 76.4 Å². The fourth-order valence-electron chi connectivity index (χ4n) is 6.21. The number of nitrogens with one attached hydrogen (secondary N) is 3. The second-order valence-corrected chi connectivity index (χ2v) is 14.6. The van der Waals surface area contributed by atoms with Gasteiger partial charge in [0.15, 0.2) is 0 Å². The number of ether oxygens (including phenoxy) is 3. The molecule has 0 unspecified atom stereocenters. The van der Waals surface area contributed by atoms with Gasteiger partial charge in [0.1, 0.15) is 42.5 Å². The van der Waals surface area contributed by atoms with E-state index in [1.54, 1.807) is 19.7 Å². The predicted octanol–water partition coefficient (Wildman–Crippen LogP) is 6.33. The molecule has 4 rings (SSSR count). The zero-order valence-corrected chi connectivity index (χ0v) is 34.7. The second-order valence-electron chi connectivity index (χ2n) is 14.6. The maximum absolute atomic E-state index is 12.7. The van der Waals surface area contributed by atoms with Gasteiger partial charge in [-0.05, 0) is 77.6 Å². The van der Waals surface area contributed by atoms with Crippen molar-refractivity contribution in [3.05, 3.63) is 53.9 Å². The van der Waals surface area contributed by atoms with Crippen molar-refractivity contribution in [2.24, 2.45) is 0 Å². The highest BCUT2D eigenvalue weighted by atomic mass is 16.6. The van der Waals surface area contributed by atoms with Crippen LogP contribution in [0.2, 0.25) is 0 Å². The lowest BCUT2D eigenvalue weighted by Gasteiger charge is -2.30. The highest BCUT2D eigenvalue weighted by Crippen LogP contribution is 2.47. The third kappa shape index (κ3) is 12.8. The van der Waals surface area contributed by atoms with Gasteiger partial charge in [-0.1, -0.05) is 0 Å². The van der Waals surface area contributed by atoms with Crippen molar-refractivity contribution in [2.75, 3.05) is 85.4 Å². The Balaban J connectivity index is 0.00000262. The topological polar surface area (TPSA) is 141 Å². The van der Waals surface area contributed by atoms with Crippen molar-refractivity contribution in [2.45, 2.75) is 65.4 Å². The van der Waals surface area contributed by atoms with Crippen molar-refractivity contribution >= 4 is 34.3 Å². The number of nitrogens with zero attached hydrogens (tertiary/aromatic N) is 3. The minimum absolute atomic E-state index is 0.0472. The summed E-state index contributed by atoms with van der Waals surface area (Å²) in [4.78, 5) is 28.9. The third-order valence-corrected chi connectivity index (χ3v) is 8.88. The monoisotopic (exact) mass is 763 g/mol. The van der Waals surface area contributed by atoms with Crippen molar-refractivity contribution in [1.29, 1.82) is 0 Å². The molecule has 1 heterocycles. The molecular formula is C42H63N6O7+. The van der Waals surface area contributed by atoms with E-state index in [0.717, 1.165) is 87.5 Å². The molecule has 0 saturated heterocycles. The predicted molar refractivity (Wildman–Crippen MR) is 222 cm³/mol. The molecule has 0 spiro atoms. The molecule has 2 aromatic rings. The summed E-state index contributed by atoms with van der Waals surface area (Å²) in [5, 5.41) is 15.1. The quantitative estimate of drug-likeness (QED) is 0.0443. The van der Waals surface area contributed by atoms with E-state index in [4.69, 9.17) is 23.8 Å². The fraction of sp³-hybridized carbons (Fsp3) is 0.500. The fourth-order valence-corrected chi connectivity index (χ4v) is 6.21. The SMILES string of the molecule is CCN(CCCC(=O)NCCCCCNC(=O)OC(C)(C)C)c1cc(OC)c(-c2c3ccc(=[N+](C)C)cc-3oc3cc(OC)ccc23)cc1N(C)C.CNO. The first-order chi connectivity index (χ1) is 26.2. The number of unbranched alkanes of at least 4 members (excludes halogenated alkanes) is 2. The van der Waals surface area contributed by atoms with Gasteiger partial charge >= 0.3 is 6.09 Å². The van der Waals surface area contributed by atoms with Crippen LogP contribution in [-0.2, 0) is 9.53 Å². The molecule has 13 nitrogen and oxygen atoms in total. The number of benzene rings is 3. The van der Waals surface area contributed by atoms with Crippen LogP contribution in [0.15, 0.2) is 52.9 Å². The number of hydrogen-bond acceptors (Lipinski definition) is 10. The van der Waals surface area contributed by atoms with Crippen LogP contribution in [-0.4, -0.2) is 98.4 Å². The third-order valence-electron chi connectivity index (χ3n) is 8.88. The summed E-state index contributed by atoms with van der Waals surface area (Å²) in [5.74, 6) is 2.28. The van der Waals surface area contributed by atoms with Crippen molar-refractivity contribution in [3.8, 4) is 33.9 Å². The second kappa shape index (κ2) is 21.2. The number of carbonyl (C=O) groups is 2. The minimum Gasteiger partial charge on any atom is -0.497 e. The zero-order chi connectivity index (χ0) is 40.7. The molecule has 4 N–H and O–H groups in total. The van der Waals surface area contributed by atoms with Crippen LogP contribution in [0.5, 0.6) is 11.5 Å². The van der Waals surface area contributed by atoms with Crippen LogP contribution in [0.4, 0.5) is 16.2 Å². The number of amides is 2. The summed E-state index contributed by atoms with van der Waals surface area (Å²) in [5.41, 5.74) is 7.01. The maximum atomic E-state index is 12.7. The van der Waals surface area contributed by atoms with Gasteiger partial charge in [-0.2, -0.15) is 0 Å². The summed E-state index contributed by atoms with van der Waals surface area (Å²) in [6.07, 6.45) is 3.33. The molecule has 55 heavy (non-hydrogen) atoms. The van der Waals surface area contributed by atoms with Crippen LogP contribution in [0.25, 0.3) is 33.4 Å². The maximum Gasteiger partial charge on any atom is 0.407 e. The molecule has 2 aliphatic rings. The smallest absolute Gasteiger partial charge is 0.407 e. The molecule has 2 amide bonds. The number of rotatable bonds is 16. The van der Waals surface area contributed by atoms with Crippen LogP contribution < -0.4 is 45.3 Å². The summed E-state index contributed by atoms with van der Waals surface area (Å²) >= 11 is 0. The standard InChI is InChI=1S/C41H57N5O6.CH5NO/c1-11-46(23-15-16-38(47)42-21-13-12-14-22-43-40(48)52-41(2,3)4)34-27-35(50-10)32(26-33(34)45(7)8)39-30-19-17-28(44(5)6)24-36(30)51-37-25-29(49-9)18-20-31(37)39;1-2-3/h17-20,24-27H,11-16,21-23H2,1-10H3,(H-,42,43,47,48);2-3H,1H3/p+1. The number of fused-ring (bicyclic) bond motifs is 2. The minimum atomic E-state index is -0.507. The Morgan fingerprint density at radius 1 is 0.873 bits per heavy atom.